The Morgan fingerprint density at radius 1 is 1.03 bits per heavy atom. The molecule has 30 heavy (non-hydrogen) atoms. The fraction of sp³-hybridized carbons (Fsp3) is 0.667. The lowest BCUT2D eigenvalue weighted by atomic mass is 9.95. The van der Waals surface area contributed by atoms with E-state index in [1.165, 1.54) is 0 Å². The largest absolute Gasteiger partial charge is 0.373 e. The second-order valence-electron chi connectivity index (χ2n) is 9.60. The number of ether oxygens (including phenoxy) is 1. The molecule has 6 nitrogen and oxygen atoms in total. The molecule has 4 rings (SSSR count). The van der Waals surface area contributed by atoms with Crippen LogP contribution in [0.25, 0.3) is 0 Å². The van der Waals surface area contributed by atoms with Crippen molar-refractivity contribution in [2.24, 2.45) is 17.8 Å². The molecule has 6 heteroatoms. The minimum Gasteiger partial charge on any atom is -0.373 e. The molecule has 1 aromatic rings. The van der Waals surface area contributed by atoms with Crippen LogP contribution in [0.5, 0.6) is 0 Å². The van der Waals surface area contributed by atoms with E-state index in [-0.39, 0.29) is 17.7 Å². The summed E-state index contributed by atoms with van der Waals surface area (Å²) in [7, 11) is 0. The van der Waals surface area contributed by atoms with Gasteiger partial charge in [-0.2, -0.15) is 0 Å². The lowest BCUT2D eigenvalue weighted by Crippen LogP contribution is -2.48. The molecule has 4 unspecified atom stereocenters. The number of carbonyl (C=O) groups is 2. The van der Waals surface area contributed by atoms with Crippen molar-refractivity contribution >= 4 is 17.5 Å². The Labute approximate surface area is 179 Å². The summed E-state index contributed by atoms with van der Waals surface area (Å²) in [6, 6.07) is 7.34. The van der Waals surface area contributed by atoms with Crippen molar-refractivity contribution < 1.29 is 14.3 Å². The fourth-order valence-electron chi connectivity index (χ4n) is 4.92. The van der Waals surface area contributed by atoms with Gasteiger partial charge >= 0.3 is 0 Å². The Morgan fingerprint density at radius 2 is 1.63 bits per heavy atom. The molecule has 2 saturated heterocycles. The average Bonchev–Trinajstić information content (AvgIpc) is 3.45. The van der Waals surface area contributed by atoms with Crippen LogP contribution in [-0.4, -0.2) is 66.5 Å². The first-order valence-corrected chi connectivity index (χ1v) is 11.5. The van der Waals surface area contributed by atoms with E-state index in [4.69, 9.17) is 4.74 Å². The summed E-state index contributed by atoms with van der Waals surface area (Å²) in [5, 5.41) is 2.95. The van der Waals surface area contributed by atoms with Gasteiger partial charge in [0.15, 0.2) is 0 Å². The second kappa shape index (κ2) is 9.06. The first-order chi connectivity index (χ1) is 14.4. The molecule has 1 saturated carbocycles. The van der Waals surface area contributed by atoms with Gasteiger partial charge < -0.3 is 15.0 Å². The summed E-state index contributed by atoms with van der Waals surface area (Å²) in [5.41, 5.74) is 1.46. The van der Waals surface area contributed by atoms with Crippen molar-refractivity contribution in [3.8, 4) is 0 Å². The van der Waals surface area contributed by atoms with Gasteiger partial charge in [-0.1, -0.05) is 6.92 Å². The molecule has 1 aromatic carbocycles. The normalized spacial score (nSPS) is 30.2. The molecule has 3 aliphatic rings. The molecule has 3 fully saturated rings. The van der Waals surface area contributed by atoms with Gasteiger partial charge in [0.2, 0.25) is 5.91 Å². The summed E-state index contributed by atoms with van der Waals surface area (Å²) >= 11 is 0. The Balaban J connectivity index is 1.24. The first kappa shape index (κ1) is 21.3. The van der Waals surface area contributed by atoms with Gasteiger partial charge in [0.25, 0.3) is 5.91 Å². The van der Waals surface area contributed by atoms with Crippen LogP contribution < -0.4 is 5.32 Å². The number of nitrogens with one attached hydrogen (secondary N) is 1. The van der Waals surface area contributed by atoms with E-state index in [2.05, 4.69) is 31.0 Å². The number of nitrogens with zero attached hydrogens (tertiary/aromatic N) is 2. The number of hydrogen-bond donors (Lipinski definition) is 1. The minimum absolute atomic E-state index is 0.0905. The number of rotatable bonds is 5. The Morgan fingerprint density at radius 3 is 2.20 bits per heavy atom. The van der Waals surface area contributed by atoms with Gasteiger partial charge in [-0.3, -0.25) is 14.5 Å². The number of carbonyl (C=O) groups excluding carboxylic acids is 2. The van der Waals surface area contributed by atoms with Crippen molar-refractivity contribution in [3.05, 3.63) is 29.8 Å². The number of hydrogen-bond acceptors (Lipinski definition) is 4. The van der Waals surface area contributed by atoms with E-state index in [1.807, 2.05) is 29.2 Å². The highest BCUT2D eigenvalue weighted by molar-refractivity contribution is 5.97. The zero-order valence-corrected chi connectivity index (χ0v) is 18.5. The van der Waals surface area contributed by atoms with Crippen molar-refractivity contribution in [3.63, 3.8) is 0 Å². The summed E-state index contributed by atoms with van der Waals surface area (Å²) < 4.78 is 5.83. The molecule has 1 aliphatic carbocycles. The first-order valence-electron chi connectivity index (χ1n) is 11.5. The molecule has 0 aromatic heterocycles. The zero-order valence-electron chi connectivity index (χ0n) is 18.5. The summed E-state index contributed by atoms with van der Waals surface area (Å²) in [6.07, 6.45) is 3.69. The number of likely N-dealkylation sites (tertiary alicyclic amines) is 1. The highest BCUT2D eigenvalue weighted by atomic mass is 16.5. The third-order valence-corrected chi connectivity index (χ3v) is 6.76. The van der Waals surface area contributed by atoms with Crippen LogP contribution in [0.2, 0.25) is 0 Å². The maximum atomic E-state index is 12.9. The monoisotopic (exact) mass is 413 g/mol. The molecule has 2 aliphatic heterocycles. The molecule has 0 radical (unpaired) electrons. The van der Waals surface area contributed by atoms with Crippen LogP contribution >= 0.6 is 0 Å². The average molecular weight is 414 g/mol. The van der Waals surface area contributed by atoms with E-state index in [9.17, 15) is 9.59 Å². The standard InChI is InChI=1S/C24H35N3O3/c1-16-12-22(16)23(28)25-21-6-4-20(5-7-21)24(29)27-10-8-19(9-11-27)15-26-13-17(2)30-18(3)14-26/h4-7,16-19,22H,8-15H2,1-3H3,(H,25,28). The predicted molar refractivity (Wildman–Crippen MR) is 117 cm³/mol. The third-order valence-electron chi connectivity index (χ3n) is 6.76. The number of anilines is 1. The molecule has 1 N–H and O–H groups in total. The van der Waals surface area contributed by atoms with E-state index < -0.39 is 0 Å². The van der Waals surface area contributed by atoms with Gasteiger partial charge in [-0.15, -0.1) is 0 Å². The molecular formula is C24H35N3O3. The van der Waals surface area contributed by atoms with Crippen molar-refractivity contribution in [1.82, 2.24) is 9.80 Å². The smallest absolute Gasteiger partial charge is 0.253 e. The zero-order chi connectivity index (χ0) is 21.3. The molecule has 2 amide bonds. The van der Waals surface area contributed by atoms with Gasteiger partial charge in [0, 0.05) is 49.9 Å². The van der Waals surface area contributed by atoms with Gasteiger partial charge in [-0.25, -0.2) is 0 Å². The summed E-state index contributed by atoms with van der Waals surface area (Å²) in [6.45, 7) is 11.1. The third kappa shape index (κ3) is 5.22. The van der Waals surface area contributed by atoms with Gasteiger partial charge in [0.05, 0.1) is 12.2 Å². The molecular weight excluding hydrogens is 378 g/mol. The number of piperidine rings is 1. The molecule has 164 valence electrons. The maximum Gasteiger partial charge on any atom is 0.253 e. The SMILES string of the molecule is CC1CN(CC2CCN(C(=O)c3ccc(NC(=O)C4CC4C)cc3)CC2)CC(C)O1. The molecule has 4 atom stereocenters. The topological polar surface area (TPSA) is 61.9 Å². The molecule has 2 heterocycles. The highest BCUT2D eigenvalue weighted by Gasteiger charge is 2.39. The predicted octanol–water partition coefficient (Wildman–Crippen LogP) is 3.24. The number of morpholine rings is 1. The number of amides is 2. The Hall–Kier alpha value is -1.92. The van der Waals surface area contributed by atoms with Crippen LogP contribution in [0.1, 0.15) is 50.4 Å². The van der Waals surface area contributed by atoms with Gasteiger partial charge in [-0.05, 0) is 69.2 Å². The van der Waals surface area contributed by atoms with Crippen molar-refractivity contribution in [2.45, 2.75) is 52.2 Å². The molecule has 0 bridgehead atoms. The van der Waals surface area contributed by atoms with Crippen molar-refractivity contribution in [1.29, 1.82) is 0 Å². The lowest BCUT2D eigenvalue weighted by molar-refractivity contribution is -0.117. The highest BCUT2D eigenvalue weighted by Crippen LogP contribution is 2.38. The van der Waals surface area contributed by atoms with E-state index in [0.717, 1.165) is 57.7 Å². The van der Waals surface area contributed by atoms with Crippen LogP contribution in [0, 0.1) is 17.8 Å². The van der Waals surface area contributed by atoms with Gasteiger partial charge in [0.1, 0.15) is 0 Å². The van der Waals surface area contributed by atoms with Crippen LogP contribution in [0.3, 0.4) is 0 Å². The summed E-state index contributed by atoms with van der Waals surface area (Å²) in [5.74, 6) is 1.47. The van der Waals surface area contributed by atoms with E-state index >= 15 is 0 Å². The summed E-state index contributed by atoms with van der Waals surface area (Å²) in [4.78, 5) is 29.4. The number of benzene rings is 1. The van der Waals surface area contributed by atoms with E-state index in [0.29, 0.717) is 29.6 Å². The molecule has 0 spiro atoms. The van der Waals surface area contributed by atoms with E-state index in [1.54, 1.807) is 0 Å². The Kier molecular flexibility index (Phi) is 6.44. The Bertz CT molecular complexity index is 747. The second-order valence-corrected chi connectivity index (χ2v) is 9.60. The fourth-order valence-corrected chi connectivity index (χ4v) is 4.92. The van der Waals surface area contributed by atoms with Crippen LogP contribution in [0.15, 0.2) is 24.3 Å². The maximum absolute atomic E-state index is 12.9. The van der Waals surface area contributed by atoms with Crippen LogP contribution in [-0.2, 0) is 9.53 Å². The minimum atomic E-state index is 0.0905. The quantitative estimate of drug-likeness (QED) is 0.805. The van der Waals surface area contributed by atoms with Crippen molar-refractivity contribution in [2.75, 3.05) is 38.0 Å². The van der Waals surface area contributed by atoms with Crippen LogP contribution in [0.4, 0.5) is 5.69 Å². The lowest BCUT2D eigenvalue weighted by Gasteiger charge is -2.39.